The van der Waals surface area contributed by atoms with Crippen molar-refractivity contribution in [1.29, 1.82) is 0 Å². The summed E-state index contributed by atoms with van der Waals surface area (Å²) in [6.07, 6.45) is 1.41. The number of anilines is 1. The molecule has 2 heterocycles. The van der Waals surface area contributed by atoms with Crippen molar-refractivity contribution in [3.8, 4) is 11.5 Å². The van der Waals surface area contributed by atoms with Crippen LogP contribution >= 0.6 is 11.8 Å². The fourth-order valence-electron chi connectivity index (χ4n) is 3.76. The smallest absolute Gasteiger partial charge is 0.339 e. The van der Waals surface area contributed by atoms with Gasteiger partial charge in [0.15, 0.2) is 11.5 Å². The summed E-state index contributed by atoms with van der Waals surface area (Å²) in [6.45, 7) is 2.53. The fourth-order valence-corrected chi connectivity index (χ4v) is 5.53. The Kier molecular flexibility index (Phi) is 8.57. The van der Waals surface area contributed by atoms with Gasteiger partial charge in [0.2, 0.25) is 11.8 Å². The largest absolute Gasteiger partial charge is 0.493 e. The third kappa shape index (κ3) is 6.77. The van der Waals surface area contributed by atoms with Crippen LogP contribution in [0.2, 0.25) is 0 Å². The van der Waals surface area contributed by atoms with Crippen molar-refractivity contribution >= 4 is 56.6 Å². The van der Waals surface area contributed by atoms with Crippen LogP contribution in [-0.2, 0) is 29.2 Å². The van der Waals surface area contributed by atoms with E-state index in [1.165, 1.54) is 61.4 Å². The fraction of sp³-hybridized carbons (Fsp3) is 0.280. The second-order valence-corrected chi connectivity index (χ2v) is 11.0. The summed E-state index contributed by atoms with van der Waals surface area (Å²) in [4.78, 5) is 51.4. The highest BCUT2D eigenvalue weighted by atomic mass is 32.2. The van der Waals surface area contributed by atoms with E-state index in [-0.39, 0.29) is 39.7 Å². The van der Waals surface area contributed by atoms with Crippen LogP contribution in [0.15, 0.2) is 52.3 Å². The molecule has 2 fully saturated rings. The van der Waals surface area contributed by atoms with Gasteiger partial charge in [-0.3, -0.25) is 24.1 Å². The number of imide groups is 1. The molecule has 14 heteroatoms. The molecule has 0 radical (unpaired) electrons. The first-order valence-corrected chi connectivity index (χ1v) is 13.9. The van der Waals surface area contributed by atoms with Gasteiger partial charge in [-0.1, -0.05) is 6.07 Å². The van der Waals surface area contributed by atoms with Gasteiger partial charge in [-0.15, -0.1) is 0 Å². The molecule has 206 valence electrons. The lowest BCUT2D eigenvalue weighted by atomic mass is 10.2. The van der Waals surface area contributed by atoms with Crippen LogP contribution < -0.4 is 14.2 Å². The van der Waals surface area contributed by atoms with Crippen LogP contribution in [0.1, 0.15) is 12.5 Å². The van der Waals surface area contributed by atoms with E-state index in [2.05, 4.69) is 5.32 Å². The van der Waals surface area contributed by atoms with Crippen LogP contribution in [0.4, 0.5) is 10.5 Å². The molecule has 2 aromatic carbocycles. The Balaban J connectivity index is 1.52. The lowest BCUT2D eigenvalue weighted by Gasteiger charge is -2.28. The third-order valence-corrected chi connectivity index (χ3v) is 7.83. The normalized spacial score (nSPS) is 16.9. The van der Waals surface area contributed by atoms with Gasteiger partial charge in [-0.05, 0) is 59.8 Å². The number of carbonyl (C=O) groups is 4. The number of carbonyl (C=O) groups excluding carboxylic acids is 4. The number of ether oxygens (including phenoxy) is 2. The van der Waals surface area contributed by atoms with E-state index in [0.717, 1.165) is 4.90 Å². The van der Waals surface area contributed by atoms with Crippen LogP contribution in [0.3, 0.4) is 0 Å². The van der Waals surface area contributed by atoms with Crippen molar-refractivity contribution in [3.05, 3.63) is 52.9 Å². The van der Waals surface area contributed by atoms with Crippen LogP contribution in [0.5, 0.6) is 11.5 Å². The number of nitrogens with zero attached hydrogens (tertiary/aromatic N) is 2. The number of rotatable bonds is 8. The van der Waals surface area contributed by atoms with Crippen molar-refractivity contribution < 1.29 is 41.3 Å². The molecule has 4 amide bonds. The monoisotopic (exact) mass is 575 g/mol. The van der Waals surface area contributed by atoms with Gasteiger partial charge in [0.05, 0.1) is 25.2 Å². The Morgan fingerprint density at radius 1 is 1.08 bits per heavy atom. The molecule has 4 rings (SSSR count). The van der Waals surface area contributed by atoms with E-state index in [9.17, 15) is 27.6 Å². The van der Waals surface area contributed by atoms with E-state index < -0.39 is 21.3 Å². The molecule has 0 atom stereocenters. The molecule has 2 aliphatic rings. The highest BCUT2D eigenvalue weighted by molar-refractivity contribution is 8.18. The van der Waals surface area contributed by atoms with Crippen molar-refractivity contribution in [2.45, 2.75) is 11.8 Å². The SMILES string of the molecule is COc1ccc(/C=C2\SC(=O)N(CC(=O)N3CCOCC3)C2=O)cc1OS(=O)(=O)c1ccc(NC(C)=O)cc1. The summed E-state index contributed by atoms with van der Waals surface area (Å²) in [7, 11) is -2.95. The third-order valence-electron chi connectivity index (χ3n) is 5.68. The zero-order chi connectivity index (χ0) is 28.2. The van der Waals surface area contributed by atoms with E-state index in [0.29, 0.717) is 49.3 Å². The van der Waals surface area contributed by atoms with Gasteiger partial charge in [-0.25, -0.2) is 0 Å². The molecule has 12 nitrogen and oxygen atoms in total. The molecule has 0 unspecified atom stereocenters. The first-order valence-electron chi connectivity index (χ1n) is 11.7. The van der Waals surface area contributed by atoms with E-state index >= 15 is 0 Å². The van der Waals surface area contributed by atoms with Gasteiger partial charge in [0.25, 0.3) is 11.1 Å². The maximum atomic E-state index is 12.9. The van der Waals surface area contributed by atoms with Crippen molar-refractivity contribution in [2.24, 2.45) is 0 Å². The van der Waals surface area contributed by atoms with Crippen molar-refractivity contribution in [1.82, 2.24) is 9.80 Å². The molecular formula is C25H25N3O9S2. The Morgan fingerprint density at radius 2 is 1.77 bits per heavy atom. The minimum atomic E-state index is -4.29. The number of amides is 4. The van der Waals surface area contributed by atoms with Gasteiger partial charge >= 0.3 is 10.1 Å². The van der Waals surface area contributed by atoms with Crippen LogP contribution in [-0.4, -0.2) is 81.1 Å². The first-order chi connectivity index (χ1) is 18.6. The second kappa shape index (κ2) is 11.9. The number of morpholine rings is 1. The topological polar surface area (TPSA) is 149 Å². The minimum absolute atomic E-state index is 0.0716. The Bertz CT molecular complexity index is 1430. The molecule has 2 saturated heterocycles. The maximum absolute atomic E-state index is 12.9. The van der Waals surface area contributed by atoms with E-state index in [4.69, 9.17) is 13.7 Å². The van der Waals surface area contributed by atoms with Crippen LogP contribution in [0, 0.1) is 0 Å². The number of hydrogen-bond acceptors (Lipinski definition) is 10. The lowest BCUT2D eigenvalue weighted by Crippen LogP contribution is -2.46. The Morgan fingerprint density at radius 3 is 2.41 bits per heavy atom. The van der Waals surface area contributed by atoms with Gasteiger partial charge in [0, 0.05) is 25.7 Å². The molecule has 0 bridgehead atoms. The summed E-state index contributed by atoms with van der Waals surface area (Å²) in [6, 6.07) is 9.79. The maximum Gasteiger partial charge on any atom is 0.339 e. The van der Waals surface area contributed by atoms with E-state index in [1.807, 2.05) is 0 Å². The zero-order valence-electron chi connectivity index (χ0n) is 21.0. The summed E-state index contributed by atoms with van der Waals surface area (Å²) >= 11 is 0.679. The van der Waals surface area contributed by atoms with Gasteiger partial charge < -0.3 is 23.9 Å². The molecular weight excluding hydrogens is 550 g/mol. The minimum Gasteiger partial charge on any atom is -0.493 e. The number of hydrogen-bond donors (Lipinski definition) is 1. The number of thioether (sulfide) groups is 1. The quantitative estimate of drug-likeness (QED) is 0.367. The summed E-state index contributed by atoms with van der Waals surface area (Å²) < 4.78 is 41.6. The summed E-state index contributed by atoms with van der Waals surface area (Å²) in [5.41, 5.74) is 0.786. The Hall–Kier alpha value is -3.88. The number of nitrogens with one attached hydrogen (secondary N) is 1. The van der Waals surface area contributed by atoms with Crippen molar-refractivity contribution in [2.75, 3.05) is 45.3 Å². The van der Waals surface area contributed by atoms with Crippen molar-refractivity contribution in [3.63, 3.8) is 0 Å². The average Bonchev–Trinajstić information content (AvgIpc) is 3.16. The van der Waals surface area contributed by atoms with Gasteiger partial charge in [-0.2, -0.15) is 8.42 Å². The standard InChI is InChI=1S/C25H25N3O9S2/c1-16(29)26-18-4-6-19(7-5-18)39(33,34)37-21-13-17(3-8-20(21)35-2)14-22-24(31)28(25(32)38-22)15-23(30)27-9-11-36-12-10-27/h3-8,13-14H,9-12,15H2,1-2H3,(H,26,29)/b22-14-. The predicted molar refractivity (Wildman–Crippen MR) is 142 cm³/mol. The first kappa shape index (κ1) is 28.1. The molecule has 0 spiro atoms. The zero-order valence-corrected chi connectivity index (χ0v) is 22.7. The summed E-state index contributed by atoms with van der Waals surface area (Å²) in [5.74, 6) is -1.30. The molecule has 39 heavy (non-hydrogen) atoms. The molecule has 2 aromatic rings. The predicted octanol–water partition coefficient (Wildman–Crippen LogP) is 2.32. The lowest BCUT2D eigenvalue weighted by molar-refractivity contribution is -0.139. The summed E-state index contributed by atoms with van der Waals surface area (Å²) in [5, 5.41) is 1.97. The molecule has 0 aromatic heterocycles. The highest BCUT2D eigenvalue weighted by Gasteiger charge is 2.37. The average molecular weight is 576 g/mol. The number of methoxy groups -OCH3 is 1. The highest BCUT2D eigenvalue weighted by Crippen LogP contribution is 2.35. The molecule has 1 N–H and O–H groups in total. The van der Waals surface area contributed by atoms with E-state index in [1.54, 1.807) is 6.07 Å². The molecule has 2 aliphatic heterocycles. The Labute approximate surface area is 229 Å². The molecule has 0 aliphatic carbocycles. The van der Waals surface area contributed by atoms with Crippen LogP contribution in [0.25, 0.3) is 6.08 Å². The van der Waals surface area contributed by atoms with Gasteiger partial charge in [0.1, 0.15) is 11.4 Å². The number of benzene rings is 2. The second-order valence-electron chi connectivity index (χ2n) is 8.41. The molecule has 0 saturated carbocycles.